The molecule has 0 aromatic carbocycles. The van der Waals surface area contributed by atoms with Gasteiger partial charge in [0.25, 0.3) is 0 Å². The van der Waals surface area contributed by atoms with Crippen molar-refractivity contribution in [1.29, 1.82) is 0 Å². The van der Waals surface area contributed by atoms with Gasteiger partial charge in [-0.3, -0.25) is 14.4 Å². The van der Waals surface area contributed by atoms with E-state index >= 15 is 0 Å². The molecule has 1 aromatic rings. The van der Waals surface area contributed by atoms with Crippen LogP contribution < -0.4 is 11.1 Å². The molecule has 2 heterocycles. The normalized spacial score (nSPS) is 19.5. The minimum atomic E-state index is -0.567. The number of thiophene rings is 1. The van der Waals surface area contributed by atoms with Crippen molar-refractivity contribution in [1.82, 2.24) is 15.1 Å². The third-order valence-corrected chi connectivity index (χ3v) is 5.64. The van der Waals surface area contributed by atoms with Crippen LogP contribution in [0.2, 0.25) is 0 Å². The summed E-state index contributed by atoms with van der Waals surface area (Å²) < 4.78 is 0. The maximum absolute atomic E-state index is 13.1. The Bertz CT molecular complexity index is 684. The summed E-state index contributed by atoms with van der Waals surface area (Å²) in [6.45, 7) is 9.16. The van der Waals surface area contributed by atoms with E-state index in [2.05, 4.69) is 5.32 Å². The van der Waals surface area contributed by atoms with Crippen molar-refractivity contribution in [2.24, 2.45) is 11.1 Å². The molecule has 2 rings (SSSR count). The predicted octanol–water partition coefficient (Wildman–Crippen LogP) is 1.58. The first-order valence-corrected chi connectivity index (χ1v) is 10.6. The average molecular weight is 409 g/mol. The van der Waals surface area contributed by atoms with Crippen molar-refractivity contribution < 1.29 is 14.4 Å². The molecule has 1 fully saturated rings. The summed E-state index contributed by atoms with van der Waals surface area (Å²) in [7, 11) is 0. The highest BCUT2D eigenvalue weighted by molar-refractivity contribution is 7.09. The lowest BCUT2D eigenvalue weighted by molar-refractivity contribution is -0.137. The molecule has 0 saturated carbocycles. The van der Waals surface area contributed by atoms with Gasteiger partial charge in [-0.25, -0.2) is 0 Å². The van der Waals surface area contributed by atoms with E-state index in [0.717, 1.165) is 4.88 Å². The number of likely N-dealkylation sites (tertiary alicyclic amines) is 1. The zero-order valence-electron chi connectivity index (χ0n) is 17.2. The molecule has 2 atom stereocenters. The summed E-state index contributed by atoms with van der Waals surface area (Å²) >= 11 is 1.60. The topological polar surface area (TPSA) is 95.7 Å². The Hall–Kier alpha value is -1.93. The van der Waals surface area contributed by atoms with Crippen LogP contribution in [0.3, 0.4) is 0 Å². The molecule has 0 spiro atoms. The van der Waals surface area contributed by atoms with E-state index in [-0.39, 0.29) is 29.2 Å². The van der Waals surface area contributed by atoms with Gasteiger partial charge in [0.1, 0.15) is 6.04 Å². The fourth-order valence-corrected chi connectivity index (χ4v) is 4.20. The van der Waals surface area contributed by atoms with Gasteiger partial charge in [0.05, 0.1) is 12.6 Å². The lowest BCUT2D eigenvalue weighted by atomic mass is 9.91. The van der Waals surface area contributed by atoms with Crippen LogP contribution in [0.4, 0.5) is 0 Å². The maximum atomic E-state index is 13.1. The second-order valence-electron chi connectivity index (χ2n) is 8.49. The van der Waals surface area contributed by atoms with Crippen LogP contribution in [0.15, 0.2) is 17.5 Å². The zero-order chi connectivity index (χ0) is 20.9. The van der Waals surface area contributed by atoms with Gasteiger partial charge in [-0.15, -0.1) is 11.3 Å². The number of nitrogens with one attached hydrogen (secondary N) is 1. The van der Waals surface area contributed by atoms with E-state index < -0.39 is 6.04 Å². The molecule has 0 aliphatic carbocycles. The van der Waals surface area contributed by atoms with Crippen LogP contribution in [-0.4, -0.2) is 59.2 Å². The number of hydrogen-bond donors (Lipinski definition) is 2. The molecular weight excluding hydrogens is 376 g/mol. The second kappa shape index (κ2) is 9.52. The predicted molar refractivity (Wildman–Crippen MR) is 111 cm³/mol. The Morgan fingerprint density at radius 1 is 1.36 bits per heavy atom. The Balaban J connectivity index is 2.22. The highest BCUT2D eigenvalue weighted by Gasteiger charge is 2.42. The minimum Gasteiger partial charge on any atom is -0.353 e. The summed E-state index contributed by atoms with van der Waals surface area (Å²) in [6.07, 6.45) is 0.857. The molecule has 3 N–H and O–H groups in total. The summed E-state index contributed by atoms with van der Waals surface area (Å²) in [5.41, 5.74) is 5.34. The molecule has 7 nitrogen and oxygen atoms in total. The van der Waals surface area contributed by atoms with Crippen LogP contribution in [-0.2, 0) is 20.9 Å². The van der Waals surface area contributed by atoms with Gasteiger partial charge >= 0.3 is 0 Å². The molecular formula is C20H32N4O3S. The second-order valence-corrected chi connectivity index (χ2v) is 9.53. The van der Waals surface area contributed by atoms with Crippen LogP contribution in [0, 0.1) is 5.41 Å². The highest BCUT2D eigenvalue weighted by Crippen LogP contribution is 2.28. The largest absolute Gasteiger partial charge is 0.353 e. The van der Waals surface area contributed by atoms with Gasteiger partial charge < -0.3 is 20.9 Å². The molecule has 0 radical (unpaired) electrons. The Morgan fingerprint density at radius 2 is 2.07 bits per heavy atom. The standard InChI is InChI=1S/C20H32N4O3S/c1-14(25)23-12-15(10-17(23)19(27)22-8-7-21)24(13-16-6-5-9-28-16)18(26)11-20(2,3)4/h5-6,9,15,17H,7-8,10-13,21H2,1-4H3,(H,22,27). The van der Waals surface area contributed by atoms with Gasteiger partial charge in [0.2, 0.25) is 17.7 Å². The van der Waals surface area contributed by atoms with Crippen molar-refractivity contribution in [3.8, 4) is 0 Å². The van der Waals surface area contributed by atoms with Crippen LogP contribution in [0.25, 0.3) is 0 Å². The molecule has 1 aliphatic heterocycles. The molecule has 0 bridgehead atoms. The van der Waals surface area contributed by atoms with Crippen molar-refractivity contribution in [3.05, 3.63) is 22.4 Å². The summed E-state index contributed by atoms with van der Waals surface area (Å²) in [5, 5.41) is 4.76. The van der Waals surface area contributed by atoms with Crippen LogP contribution in [0.1, 0.15) is 45.4 Å². The number of nitrogens with zero attached hydrogens (tertiary/aromatic N) is 2. The minimum absolute atomic E-state index is 0.0532. The Kier molecular flexibility index (Phi) is 7.60. The van der Waals surface area contributed by atoms with E-state index in [1.54, 1.807) is 16.2 Å². The van der Waals surface area contributed by atoms with Gasteiger partial charge in [0, 0.05) is 37.9 Å². The van der Waals surface area contributed by atoms with Gasteiger partial charge in [-0.05, 0) is 23.3 Å². The van der Waals surface area contributed by atoms with Crippen molar-refractivity contribution >= 4 is 29.1 Å². The number of amides is 3. The van der Waals surface area contributed by atoms with E-state index in [0.29, 0.717) is 39.0 Å². The molecule has 1 saturated heterocycles. The lowest BCUT2D eigenvalue weighted by Gasteiger charge is -2.31. The molecule has 28 heavy (non-hydrogen) atoms. The lowest BCUT2D eigenvalue weighted by Crippen LogP contribution is -2.46. The van der Waals surface area contributed by atoms with E-state index in [1.807, 2.05) is 43.2 Å². The molecule has 2 unspecified atom stereocenters. The summed E-state index contributed by atoms with van der Waals surface area (Å²) in [4.78, 5) is 42.3. The fraction of sp³-hybridized carbons (Fsp3) is 0.650. The molecule has 1 aromatic heterocycles. The Labute approximate surface area is 171 Å². The number of rotatable bonds is 7. The van der Waals surface area contributed by atoms with E-state index in [1.165, 1.54) is 6.92 Å². The van der Waals surface area contributed by atoms with Gasteiger partial charge in [-0.2, -0.15) is 0 Å². The van der Waals surface area contributed by atoms with Crippen molar-refractivity contribution in [3.63, 3.8) is 0 Å². The zero-order valence-corrected chi connectivity index (χ0v) is 18.1. The fourth-order valence-electron chi connectivity index (χ4n) is 3.50. The number of hydrogen-bond acceptors (Lipinski definition) is 5. The van der Waals surface area contributed by atoms with E-state index in [9.17, 15) is 14.4 Å². The summed E-state index contributed by atoms with van der Waals surface area (Å²) in [5.74, 6) is -0.311. The van der Waals surface area contributed by atoms with Crippen molar-refractivity contribution in [2.45, 2.75) is 59.2 Å². The first-order chi connectivity index (χ1) is 13.1. The maximum Gasteiger partial charge on any atom is 0.242 e. The molecule has 1 aliphatic rings. The summed E-state index contributed by atoms with van der Waals surface area (Å²) in [6, 6.07) is 3.22. The van der Waals surface area contributed by atoms with Crippen LogP contribution >= 0.6 is 11.3 Å². The third kappa shape index (κ3) is 6.04. The van der Waals surface area contributed by atoms with E-state index in [4.69, 9.17) is 5.73 Å². The number of carbonyl (C=O) groups excluding carboxylic acids is 3. The highest BCUT2D eigenvalue weighted by atomic mass is 32.1. The first-order valence-electron chi connectivity index (χ1n) is 9.69. The third-order valence-electron chi connectivity index (χ3n) is 4.78. The first kappa shape index (κ1) is 22.4. The molecule has 8 heteroatoms. The van der Waals surface area contributed by atoms with Crippen molar-refractivity contribution in [2.75, 3.05) is 19.6 Å². The number of nitrogens with two attached hydrogens (primary N) is 1. The SMILES string of the molecule is CC(=O)N1CC(N(Cc2cccs2)C(=O)CC(C)(C)C)CC1C(=O)NCCN. The quantitative estimate of drug-likeness (QED) is 0.716. The molecule has 156 valence electrons. The Morgan fingerprint density at radius 3 is 2.61 bits per heavy atom. The van der Waals surface area contributed by atoms with Crippen LogP contribution in [0.5, 0.6) is 0 Å². The molecule has 3 amide bonds. The smallest absolute Gasteiger partial charge is 0.242 e. The monoisotopic (exact) mass is 408 g/mol. The average Bonchev–Trinajstić information content (AvgIpc) is 3.25. The van der Waals surface area contributed by atoms with Gasteiger partial charge in [-0.1, -0.05) is 26.8 Å². The number of carbonyl (C=O) groups is 3. The van der Waals surface area contributed by atoms with Gasteiger partial charge in [0.15, 0.2) is 0 Å².